The predicted octanol–water partition coefficient (Wildman–Crippen LogP) is 7.01. The highest BCUT2D eigenvalue weighted by molar-refractivity contribution is 6.83. The molecule has 1 aliphatic heterocycles. The van der Waals surface area contributed by atoms with Gasteiger partial charge in [0.05, 0.1) is 38.7 Å². The average Bonchev–Trinajstić information content (AvgIpc) is 3.30. The fraction of sp³-hybridized carbons (Fsp3) is 0.543. The highest BCUT2D eigenvalue weighted by atomic mass is 28.4. The van der Waals surface area contributed by atoms with E-state index in [9.17, 15) is 14.7 Å². The van der Waals surface area contributed by atoms with Crippen molar-refractivity contribution in [1.29, 1.82) is 0 Å². The standard InChI is InChI=1S/C35H52N2O6Si2/c1-33(2,3)44(7,8)35(40)20-30(43-29(35)24-42-45(9,10)34(4,5)6)37-21-27(31(38)36-32(37)39)23-41-22-26-18-14-15-19-28(26)25-16-12-11-13-17-25/h11-19,21,29-30,40H,20,22-24H2,1-10H3,(H,36,38,39)/t29-,30-,35-/m1/s1. The van der Waals surface area contributed by atoms with Gasteiger partial charge in [0.25, 0.3) is 5.56 Å². The van der Waals surface area contributed by atoms with Crippen LogP contribution in [0, 0.1) is 0 Å². The van der Waals surface area contributed by atoms with Crippen LogP contribution in [0.3, 0.4) is 0 Å². The number of aromatic nitrogens is 2. The Hall–Kier alpha value is -2.61. The van der Waals surface area contributed by atoms with Crippen molar-refractivity contribution in [3.8, 4) is 11.1 Å². The van der Waals surface area contributed by atoms with Crippen molar-refractivity contribution in [2.24, 2.45) is 0 Å². The molecule has 1 saturated heterocycles. The van der Waals surface area contributed by atoms with Gasteiger partial charge in [0.2, 0.25) is 0 Å². The number of hydrogen-bond donors (Lipinski definition) is 2. The maximum Gasteiger partial charge on any atom is 0.330 e. The molecule has 0 radical (unpaired) electrons. The monoisotopic (exact) mass is 652 g/mol. The van der Waals surface area contributed by atoms with Crippen molar-refractivity contribution in [1.82, 2.24) is 9.55 Å². The molecule has 0 spiro atoms. The van der Waals surface area contributed by atoms with Crippen LogP contribution in [0.5, 0.6) is 0 Å². The molecule has 8 nitrogen and oxygen atoms in total. The van der Waals surface area contributed by atoms with E-state index in [1.165, 1.54) is 10.8 Å². The van der Waals surface area contributed by atoms with Crippen molar-refractivity contribution >= 4 is 16.4 Å². The largest absolute Gasteiger partial charge is 0.414 e. The Kier molecular flexibility index (Phi) is 10.1. The summed E-state index contributed by atoms with van der Waals surface area (Å²) >= 11 is 0. The molecule has 2 heterocycles. The molecular weight excluding hydrogens is 601 g/mol. The summed E-state index contributed by atoms with van der Waals surface area (Å²) in [6.45, 7) is 22.3. The fourth-order valence-electron chi connectivity index (χ4n) is 5.56. The van der Waals surface area contributed by atoms with E-state index in [0.717, 1.165) is 16.7 Å². The minimum absolute atomic E-state index is 0.00748. The molecule has 1 fully saturated rings. The lowest BCUT2D eigenvalue weighted by Crippen LogP contribution is -2.65. The summed E-state index contributed by atoms with van der Waals surface area (Å²) in [5.41, 5.74) is 2.38. The number of ether oxygens (including phenoxy) is 2. The molecule has 10 heteroatoms. The molecule has 0 amide bonds. The van der Waals surface area contributed by atoms with Gasteiger partial charge in [-0.1, -0.05) is 109 Å². The normalized spacial score (nSPS) is 21.3. The summed E-state index contributed by atoms with van der Waals surface area (Å²) in [6.07, 6.45) is 0.369. The Morgan fingerprint density at radius 1 is 0.911 bits per heavy atom. The van der Waals surface area contributed by atoms with Gasteiger partial charge in [-0.2, -0.15) is 0 Å². The van der Waals surface area contributed by atoms with E-state index >= 15 is 0 Å². The first-order chi connectivity index (χ1) is 20.8. The van der Waals surface area contributed by atoms with Crippen molar-refractivity contribution in [3.63, 3.8) is 0 Å². The van der Waals surface area contributed by atoms with Crippen LogP contribution in [0.25, 0.3) is 11.1 Å². The lowest BCUT2D eigenvalue weighted by atomic mass is 10.0. The molecule has 4 rings (SSSR count). The quantitative estimate of drug-likeness (QED) is 0.229. The van der Waals surface area contributed by atoms with Crippen molar-refractivity contribution in [2.75, 3.05) is 6.61 Å². The second-order valence-electron chi connectivity index (χ2n) is 15.5. The number of benzene rings is 2. The molecule has 0 aliphatic carbocycles. The van der Waals surface area contributed by atoms with Gasteiger partial charge in [0, 0.05) is 12.6 Å². The smallest absolute Gasteiger partial charge is 0.330 e. The van der Waals surface area contributed by atoms with Gasteiger partial charge in [-0.15, -0.1) is 0 Å². The summed E-state index contributed by atoms with van der Waals surface area (Å²) in [5, 5.41) is 11.2. The summed E-state index contributed by atoms with van der Waals surface area (Å²) in [7, 11) is -4.60. The molecule has 2 N–H and O–H groups in total. The molecule has 0 saturated carbocycles. The number of H-pyrrole nitrogens is 1. The number of rotatable bonds is 10. The molecule has 3 aromatic rings. The van der Waals surface area contributed by atoms with E-state index < -0.39 is 45.2 Å². The van der Waals surface area contributed by atoms with Crippen LogP contribution in [0.15, 0.2) is 70.4 Å². The van der Waals surface area contributed by atoms with E-state index in [0.29, 0.717) is 12.2 Å². The van der Waals surface area contributed by atoms with Crippen molar-refractivity contribution < 1.29 is 19.0 Å². The number of nitrogens with zero attached hydrogens (tertiary/aromatic N) is 1. The van der Waals surface area contributed by atoms with Gasteiger partial charge in [-0.25, -0.2) is 4.79 Å². The van der Waals surface area contributed by atoms with Crippen LogP contribution in [0.1, 0.15) is 65.3 Å². The highest BCUT2D eigenvalue weighted by Crippen LogP contribution is 2.51. The third-order valence-electron chi connectivity index (χ3n) is 10.7. The van der Waals surface area contributed by atoms with E-state index in [-0.39, 0.29) is 29.7 Å². The molecule has 0 unspecified atom stereocenters. The Balaban J connectivity index is 1.59. The van der Waals surface area contributed by atoms with Crippen LogP contribution >= 0.6 is 0 Å². The van der Waals surface area contributed by atoms with Crippen molar-refractivity contribution in [3.05, 3.63) is 92.8 Å². The van der Waals surface area contributed by atoms with Gasteiger partial charge in [0.15, 0.2) is 8.32 Å². The van der Waals surface area contributed by atoms with Crippen LogP contribution in [-0.4, -0.2) is 49.0 Å². The number of aromatic amines is 1. The van der Waals surface area contributed by atoms with Gasteiger partial charge >= 0.3 is 5.69 Å². The summed E-state index contributed by atoms with van der Waals surface area (Å²) < 4.78 is 20.6. The first-order valence-electron chi connectivity index (χ1n) is 15.9. The predicted molar refractivity (Wildman–Crippen MR) is 186 cm³/mol. The molecule has 1 aromatic heterocycles. The van der Waals surface area contributed by atoms with Gasteiger partial charge in [-0.05, 0) is 39.9 Å². The minimum atomic E-state index is -2.46. The van der Waals surface area contributed by atoms with Crippen LogP contribution in [-0.2, 0) is 27.1 Å². The first-order valence-corrected chi connectivity index (χ1v) is 21.8. The first kappa shape index (κ1) is 35.3. The number of nitrogens with one attached hydrogen (secondary N) is 1. The summed E-state index contributed by atoms with van der Waals surface area (Å²) in [6, 6.07) is 18.1. The maximum atomic E-state index is 13.2. The zero-order valence-electron chi connectivity index (χ0n) is 28.7. The van der Waals surface area contributed by atoms with Gasteiger partial charge < -0.3 is 19.0 Å². The molecule has 246 valence electrons. The van der Waals surface area contributed by atoms with E-state index in [1.807, 2.05) is 42.5 Å². The van der Waals surface area contributed by atoms with Crippen LogP contribution < -0.4 is 11.2 Å². The highest BCUT2D eigenvalue weighted by Gasteiger charge is 2.62. The SMILES string of the molecule is CC(C)(C)[Si](C)(C)OC[C@H]1O[C@@H](n2cc(COCc3ccccc3-c3ccccc3)c(=O)[nH]c2=O)C[C@@]1(O)[Si](C)(C)C(C)(C)C. The third kappa shape index (κ3) is 7.21. The number of hydrogen-bond acceptors (Lipinski definition) is 6. The lowest BCUT2D eigenvalue weighted by molar-refractivity contribution is -0.0571. The molecule has 2 aromatic carbocycles. The summed E-state index contributed by atoms with van der Waals surface area (Å²) in [5.74, 6) is 0. The number of aliphatic hydroxyl groups is 1. The molecule has 45 heavy (non-hydrogen) atoms. The minimum Gasteiger partial charge on any atom is -0.414 e. The topological polar surface area (TPSA) is 103 Å². The second-order valence-corrected chi connectivity index (χ2v) is 25.9. The van der Waals surface area contributed by atoms with E-state index in [4.69, 9.17) is 13.9 Å². The maximum absolute atomic E-state index is 13.2. The molecular formula is C35H52N2O6Si2. The van der Waals surface area contributed by atoms with Crippen LogP contribution in [0.4, 0.5) is 0 Å². The lowest BCUT2D eigenvalue weighted by Gasteiger charge is -2.49. The summed E-state index contributed by atoms with van der Waals surface area (Å²) in [4.78, 5) is 28.5. The third-order valence-corrected chi connectivity index (χ3v) is 21.6. The molecule has 1 aliphatic rings. The van der Waals surface area contributed by atoms with Gasteiger partial charge in [0.1, 0.15) is 12.3 Å². The van der Waals surface area contributed by atoms with E-state index in [2.05, 4.69) is 84.8 Å². The molecule has 0 bridgehead atoms. The zero-order valence-corrected chi connectivity index (χ0v) is 30.7. The Morgan fingerprint density at radius 2 is 1.51 bits per heavy atom. The van der Waals surface area contributed by atoms with E-state index in [1.54, 1.807) is 0 Å². The Labute approximate surface area is 269 Å². The Bertz CT molecular complexity index is 1590. The average molecular weight is 653 g/mol. The van der Waals surface area contributed by atoms with Crippen molar-refractivity contribution in [2.45, 2.75) is 115 Å². The van der Waals surface area contributed by atoms with Crippen LogP contribution in [0.2, 0.25) is 36.3 Å². The molecule has 3 atom stereocenters. The fourth-order valence-corrected chi connectivity index (χ4v) is 9.50. The Morgan fingerprint density at radius 3 is 2.13 bits per heavy atom. The second kappa shape index (κ2) is 12.9. The van der Waals surface area contributed by atoms with Gasteiger partial charge in [-0.3, -0.25) is 14.3 Å². The zero-order chi connectivity index (χ0) is 33.4.